The Morgan fingerprint density at radius 3 is 0.837 bits per heavy atom. The van der Waals surface area contributed by atoms with E-state index >= 15 is 0 Å². The van der Waals surface area contributed by atoms with E-state index in [9.17, 15) is 43.2 Å². The molecule has 0 aromatic heterocycles. The number of aliphatic hydroxyl groups is 1. The molecule has 0 heterocycles. The van der Waals surface area contributed by atoms with Crippen LogP contribution < -0.4 is 0 Å². The molecular formula is C79H140O17P2. The minimum Gasteiger partial charge on any atom is -0.462 e. The monoisotopic (exact) mass is 1420 g/mol. The van der Waals surface area contributed by atoms with Gasteiger partial charge in [0.05, 0.1) is 26.4 Å². The van der Waals surface area contributed by atoms with Gasteiger partial charge in [0, 0.05) is 25.7 Å². The summed E-state index contributed by atoms with van der Waals surface area (Å²) in [5.74, 6) is -2.25. The highest BCUT2D eigenvalue weighted by Crippen LogP contribution is 2.45. The second-order valence-corrected chi connectivity index (χ2v) is 28.8. The van der Waals surface area contributed by atoms with Crippen molar-refractivity contribution in [2.24, 2.45) is 0 Å². The molecule has 0 amide bonds. The number of rotatable bonds is 73. The van der Waals surface area contributed by atoms with Crippen molar-refractivity contribution < 1.29 is 80.2 Å². The lowest BCUT2D eigenvalue weighted by atomic mass is 10.1. The fourth-order valence-electron chi connectivity index (χ4n) is 10.3. The molecule has 0 spiro atoms. The average Bonchev–Trinajstić information content (AvgIpc) is 1.02. The first-order valence-electron chi connectivity index (χ1n) is 38.8. The molecule has 0 aromatic carbocycles. The highest BCUT2D eigenvalue weighted by atomic mass is 31.2. The summed E-state index contributed by atoms with van der Waals surface area (Å²) in [5.41, 5.74) is 0. The van der Waals surface area contributed by atoms with Crippen LogP contribution in [0, 0.1) is 0 Å². The second kappa shape index (κ2) is 71.6. The summed E-state index contributed by atoms with van der Waals surface area (Å²) in [4.78, 5) is 72.8. The van der Waals surface area contributed by atoms with E-state index in [4.69, 9.17) is 37.0 Å². The van der Waals surface area contributed by atoms with Crippen molar-refractivity contribution >= 4 is 39.5 Å². The fourth-order valence-corrected chi connectivity index (χ4v) is 11.9. The normalized spacial score (nSPS) is 14.4. The molecule has 0 aliphatic rings. The lowest BCUT2D eigenvalue weighted by Crippen LogP contribution is -2.30. The van der Waals surface area contributed by atoms with E-state index in [1.807, 2.05) is 12.2 Å². The Kier molecular flexibility index (Phi) is 68.9. The van der Waals surface area contributed by atoms with E-state index in [1.54, 1.807) is 0 Å². The van der Waals surface area contributed by atoms with Gasteiger partial charge < -0.3 is 33.8 Å². The Labute approximate surface area is 595 Å². The number of hydrogen-bond acceptors (Lipinski definition) is 15. The number of carbonyl (C=O) groups excluding carboxylic acids is 4. The second-order valence-electron chi connectivity index (χ2n) is 25.9. The molecule has 0 bridgehead atoms. The van der Waals surface area contributed by atoms with Crippen LogP contribution in [0.4, 0.5) is 0 Å². The molecule has 0 saturated heterocycles. The number of phosphoric ester groups is 2. The van der Waals surface area contributed by atoms with Crippen molar-refractivity contribution in [3.8, 4) is 0 Å². The molecule has 0 fully saturated rings. The van der Waals surface area contributed by atoms with Gasteiger partial charge in [-0.05, 0) is 141 Å². The molecule has 0 saturated carbocycles. The number of hydrogen-bond donors (Lipinski definition) is 3. The largest absolute Gasteiger partial charge is 0.472 e. The van der Waals surface area contributed by atoms with Gasteiger partial charge in [-0.25, -0.2) is 9.13 Å². The van der Waals surface area contributed by atoms with Crippen LogP contribution in [0.15, 0.2) is 85.1 Å². The smallest absolute Gasteiger partial charge is 0.462 e. The molecule has 0 rings (SSSR count). The van der Waals surface area contributed by atoms with Crippen LogP contribution in [-0.2, 0) is 65.4 Å². The van der Waals surface area contributed by atoms with Crippen molar-refractivity contribution in [1.29, 1.82) is 0 Å². The Morgan fingerprint density at radius 1 is 0.286 bits per heavy atom. The van der Waals surface area contributed by atoms with E-state index in [-0.39, 0.29) is 25.7 Å². The standard InChI is InChI=1S/C79H140O17P2/c1-5-9-13-17-21-25-29-33-35-36-38-42-46-50-54-58-62-66-79(84)96-75(70-90-77(82)64-60-56-52-48-44-41-37-34-30-26-22-18-14-10-6-2)72-94-98(87,88)92-68-73(80)67-91-97(85,86)93-71-74(95-78(83)65-61-57-53-49-45-40-32-28-24-20-16-12-8-4)69-89-76(81)63-59-55-51-47-43-39-31-27-23-19-15-11-7-3/h21,25-28,30-33,35,38,42,50,54,73-75,80H,5-20,22-24,29,34,36-37,39-41,43-49,51-53,55-72H2,1-4H3,(H,85,86)(H,87,88)/b25-21-,30-26-,31-27-,32-28-,35-33-,42-38-,54-50-/t73-,74+,75+/m0/s1. The molecular weight excluding hydrogens is 1280 g/mol. The van der Waals surface area contributed by atoms with E-state index in [0.717, 1.165) is 141 Å². The quantitative estimate of drug-likeness (QED) is 0.0169. The number of unbranched alkanes of at least 4 members (excludes halogenated alkanes) is 33. The maximum atomic E-state index is 13.1. The molecule has 17 nitrogen and oxygen atoms in total. The fraction of sp³-hybridized carbons (Fsp3) is 0.772. The summed E-state index contributed by atoms with van der Waals surface area (Å²) in [6.45, 7) is 4.75. The van der Waals surface area contributed by atoms with Crippen molar-refractivity contribution in [3.63, 3.8) is 0 Å². The summed E-state index contributed by atoms with van der Waals surface area (Å²) in [5, 5.41) is 10.6. The van der Waals surface area contributed by atoms with Gasteiger partial charge in [-0.1, -0.05) is 254 Å². The van der Waals surface area contributed by atoms with Crippen LogP contribution in [0.1, 0.15) is 336 Å². The molecule has 0 aliphatic heterocycles. The highest BCUT2D eigenvalue weighted by molar-refractivity contribution is 7.47. The third kappa shape index (κ3) is 70.7. The lowest BCUT2D eigenvalue weighted by Gasteiger charge is -2.21. The van der Waals surface area contributed by atoms with Gasteiger partial charge in [0.25, 0.3) is 0 Å². The van der Waals surface area contributed by atoms with Crippen molar-refractivity contribution in [3.05, 3.63) is 85.1 Å². The van der Waals surface area contributed by atoms with Crippen LogP contribution in [0.2, 0.25) is 0 Å². The van der Waals surface area contributed by atoms with Gasteiger partial charge >= 0.3 is 39.5 Å². The molecule has 0 aliphatic carbocycles. The van der Waals surface area contributed by atoms with Gasteiger partial charge in [0.2, 0.25) is 0 Å². The van der Waals surface area contributed by atoms with Gasteiger partial charge in [-0.3, -0.25) is 37.3 Å². The number of phosphoric acid groups is 2. The van der Waals surface area contributed by atoms with Crippen molar-refractivity contribution in [2.75, 3.05) is 39.6 Å². The zero-order valence-corrected chi connectivity index (χ0v) is 63.7. The number of ether oxygens (including phenoxy) is 4. The predicted molar refractivity (Wildman–Crippen MR) is 399 cm³/mol. The molecule has 568 valence electrons. The number of aliphatic hydroxyl groups excluding tert-OH is 1. The number of carbonyl (C=O) groups is 4. The van der Waals surface area contributed by atoms with Gasteiger partial charge in [0.15, 0.2) is 12.2 Å². The summed E-state index contributed by atoms with van der Waals surface area (Å²) in [6, 6.07) is 0. The molecule has 98 heavy (non-hydrogen) atoms. The van der Waals surface area contributed by atoms with Gasteiger partial charge in [-0.2, -0.15) is 0 Å². The molecule has 5 atom stereocenters. The van der Waals surface area contributed by atoms with Crippen LogP contribution in [0.25, 0.3) is 0 Å². The third-order valence-corrected chi connectivity index (χ3v) is 18.2. The van der Waals surface area contributed by atoms with Crippen molar-refractivity contribution in [1.82, 2.24) is 0 Å². The van der Waals surface area contributed by atoms with Crippen LogP contribution in [-0.4, -0.2) is 96.7 Å². The van der Waals surface area contributed by atoms with E-state index < -0.39 is 97.5 Å². The highest BCUT2D eigenvalue weighted by Gasteiger charge is 2.30. The molecule has 0 radical (unpaired) electrons. The summed E-state index contributed by atoms with van der Waals surface area (Å²) >= 11 is 0. The minimum atomic E-state index is -4.99. The van der Waals surface area contributed by atoms with Gasteiger partial charge in [-0.15, -0.1) is 0 Å². The topological polar surface area (TPSA) is 237 Å². The SMILES string of the molecule is CCCCC/C=C\C/C=C\C/C=C\C/C=C\CCCC(=O)O[C@H](COC(=O)CCCCCCCCC/C=C\CCCCCC)COP(=O)(O)OC[C@@H](O)COP(=O)(O)OC[C@@H](COC(=O)CCCCCCC/C=C\CCCCCC)OC(=O)CCCCCCC/C=C\CCCCCC. The summed E-state index contributed by atoms with van der Waals surface area (Å²) in [7, 11) is -9.96. The Bertz CT molecular complexity index is 2190. The van der Waals surface area contributed by atoms with E-state index in [1.165, 1.54) is 109 Å². The maximum absolute atomic E-state index is 13.1. The molecule has 2 unspecified atom stereocenters. The van der Waals surface area contributed by atoms with E-state index in [2.05, 4.69) is 101 Å². The first-order chi connectivity index (χ1) is 47.7. The molecule has 3 N–H and O–H groups in total. The molecule has 0 aromatic rings. The van der Waals surface area contributed by atoms with Crippen LogP contribution in [0.3, 0.4) is 0 Å². The maximum Gasteiger partial charge on any atom is 0.472 e. The number of allylic oxidation sites excluding steroid dienone is 14. The van der Waals surface area contributed by atoms with Gasteiger partial charge in [0.1, 0.15) is 19.3 Å². The Morgan fingerprint density at radius 2 is 0.510 bits per heavy atom. The van der Waals surface area contributed by atoms with Crippen LogP contribution >= 0.6 is 15.6 Å². The third-order valence-electron chi connectivity index (χ3n) is 16.3. The zero-order valence-electron chi connectivity index (χ0n) is 62.0. The molecule has 19 heteroatoms. The van der Waals surface area contributed by atoms with Crippen molar-refractivity contribution in [2.45, 2.75) is 354 Å². The average molecular weight is 1420 g/mol. The minimum absolute atomic E-state index is 0.0196. The lowest BCUT2D eigenvalue weighted by molar-refractivity contribution is -0.161. The first-order valence-corrected chi connectivity index (χ1v) is 41.8. The van der Waals surface area contributed by atoms with Crippen LogP contribution in [0.5, 0.6) is 0 Å². The number of esters is 4. The Hall–Kier alpha value is -3.76. The zero-order chi connectivity index (χ0) is 71.8. The first kappa shape index (κ1) is 94.2. The predicted octanol–water partition coefficient (Wildman–Crippen LogP) is 22.2. The summed E-state index contributed by atoms with van der Waals surface area (Å²) < 4.78 is 68.4. The van der Waals surface area contributed by atoms with E-state index in [0.29, 0.717) is 32.1 Å². The Balaban J connectivity index is 5.40. The summed E-state index contributed by atoms with van der Waals surface area (Å²) in [6.07, 6.45) is 72.9.